The molecule has 0 aliphatic carbocycles. The van der Waals surface area contributed by atoms with Gasteiger partial charge in [0.2, 0.25) is 0 Å². The first-order valence-corrected chi connectivity index (χ1v) is 8.37. The Balaban J connectivity index is 0.00000220. The second-order valence-electron chi connectivity index (χ2n) is 5.31. The van der Waals surface area contributed by atoms with E-state index in [0.717, 1.165) is 32.7 Å². The molecule has 0 aromatic carbocycles. The second kappa shape index (κ2) is 8.95. The summed E-state index contributed by atoms with van der Waals surface area (Å²) in [5.74, 6) is 0.676. The molecule has 21 heavy (non-hydrogen) atoms. The van der Waals surface area contributed by atoms with Crippen molar-refractivity contribution in [1.29, 1.82) is 0 Å². The molecular weight excluding hydrogens is 395 g/mol. The molecule has 2 rings (SSSR count). The average molecular weight is 422 g/mol. The van der Waals surface area contributed by atoms with E-state index >= 15 is 0 Å². The molecule has 0 spiro atoms. The summed E-state index contributed by atoms with van der Waals surface area (Å²) in [5, 5.41) is 2.20. The van der Waals surface area contributed by atoms with Gasteiger partial charge in [0.25, 0.3) is 0 Å². The Morgan fingerprint density at radius 3 is 2.86 bits per heavy atom. The van der Waals surface area contributed by atoms with Crippen molar-refractivity contribution in [1.82, 2.24) is 9.80 Å². The van der Waals surface area contributed by atoms with Crippen LogP contribution in [-0.4, -0.2) is 48.0 Å². The number of halogens is 1. The second-order valence-corrected chi connectivity index (χ2v) is 6.31. The molecule has 0 amide bonds. The van der Waals surface area contributed by atoms with Gasteiger partial charge in [0, 0.05) is 37.1 Å². The van der Waals surface area contributed by atoms with Crippen molar-refractivity contribution in [2.24, 2.45) is 10.7 Å². The molecule has 0 fully saturated rings. The SMILES string of the molecule is CCN(CC)C(N)=NCC(C)N1CCc2sccc2C1.I. The van der Waals surface area contributed by atoms with Crippen molar-refractivity contribution in [3.63, 3.8) is 0 Å². The molecule has 1 aliphatic rings. The number of hydrogen-bond acceptors (Lipinski definition) is 3. The van der Waals surface area contributed by atoms with Crippen LogP contribution in [0.25, 0.3) is 0 Å². The molecule has 6 heteroatoms. The average Bonchev–Trinajstić information content (AvgIpc) is 2.93. The number of fused-ring (bicyclic) bond motifs is 1. The van der Waals surface area contributed by atoms with Crippen molar-refractivity contribution in [3.8, 4) is 0 Å². The van der Waals surface area contributed by atoms with Crippen LogP contribution in [0.5, 0.6) is 0 Å². The summed E-state index contributed by atoms with van der Waals surface area (Å²) in [7, 11) is 0. The third-order valence-electron chi connectivity index (χ3n) is 4.07. The monoisotopic (exact) mass is 422 g/mol. The van der Waals surface area contributed by atoms with E-state index in [-0.39, 0.29) is 24.0 Å². The van der Waals surface area contributed by atoms with E-state index in [2.05, 4.69) is 47.0 Å². The molecule has 4 nitrogen and oxygen atoms in total. The van der Waals surface area contributed by atoms with Gasteiger partial charge in [-0.15, -0.1) is 35.3 Å². The number of thiophene rings is 1. The molecule has 120 valence electrons. The van der Waals surface area contributed by atoms with Gasteiger partial charge in [-0.1, -0.05) is 0 Å². The van der Waals surface area contributed by atoms with Gasteiger partial charge in [0.05, 0.1) is 6.54 Å². The van der Waals surface area contributed by atoms with E-state index in [1.165, 1.54) is 12.0 Å². The van der Waals surface area contributed by atoms with Gasteiger partial charge in [0.15, 0.2) is 5.96 Å². The summed E-state index contributed by atoms with van der Waals surface area (Å²) in [6.07, 6.45) is 1.17. The highest BCUT2D eigenvalue weighted by atomic mass is 127. The van der Waals surface area contributed by atoms with E-state index in [9.17, 15) is 0 Å². The van der Waals surface area contributed by atoms with Crippen molar-refractivity contribution in [2.45, 2.75) is 39.8 Å². The predicted octanol–water partition coefficient (Wildman–Crippen LogP) is 2.77. The minimum atomic E-state index is 0. The zero-order chi connectivity index (χ0) is 14.5. The molecule has 1 atom stereocenters. The lowest BCUT2D eigenvalue weighted by Crippen LogP contribution is -2.41. The van der Waals surface area contributed by atoms with Crippen molar-refractivity contribution in [3.05, 3.63) is 21.9 Å². The molecule has 2 N–H and O–H groups in total. The van der Waals surface area contributed by atoms with Crippen molar-refractivity contribution < 1.29 is 0 Å². The largest absolute Gasteiger partial charge is 0.370 e. The first kappa shape index (κ1) is 18.7. The third-order valence-corrected chi connectivity index (χ3v) is 5.09. The van der Waals surface area contributed by atoms with Gasteiger partial charge < -0.3 is 10.6 Å². The molecule has 2 heterocycles. The Morgan fingerprint density at radius 2 is 2.19 bits per heavy atom. The Hall–Kier alpha value is -0.340. The van der Waals surface area contributed by atoms with Gasteiger partial charge in [0.1, 0.15) is 0 Å². The highest BCUT2D eigenvalue weighted by Crippen LogP contribution is 2.25. The number of hydrogen-bond donors (Lipinski definition) is 1. The molecule has 1 aliphatic heterocycles. The van der Waals surface area contributed by atoms with Crippen LogP contribution >= 0.6 is 35.3 Å². The topological polar surface area (TPSA) is 44.9 Å². The van der Waals surface area contributed by atoms with Crippen LogP contribution in [0.4, 0.5) is 0 Å². The van der Waals surface area contributed by atoms with E-state index in [0.29, 0.717) is 12.0 Å². The third kappa shape index (κ3) is 4.82. The van der Waals surface area contributed by atoms with E-state index in [4.69, 9.17) is 5.73 Å². The molecule has 1 aromatic heterocycles. The Morgan fingerprint density at radius 1 is 1.48 bits per heavy atom. The lowest BCUT2D eigenvalue weighted by Gasteiger charge is -2.32. The molecule has 1 aromatic rings. The smallest absolute Gasteiger partial charge is 0.191 e. The summed E-state index contributed by atoms with van der Waals surface area (Å²) in [4.78, 5) is 10.7. The van der Waals surface area contributed by atoms with Crippen molar-refractivity contribution >= 4 is 41.3 Å². The molecule has 0 saturated heterocycles. The van der Waals surface area contributed by atoms with Crippen LogP contribution in [0, 0.1) is 0 Å². The number of nitrogens with zero attached hydrogens (tertiary/aromatic N) is 3. The van der Waals surface area contributed by atoms with Gasteiger partial charge in [-0.25, -0.2) is 0 Å². The lowest BCUT2D eigenvalue weighted by molar-refractivity contribution is 0.196. The van der Waals surface area contributed by atoms with Crippen LogP contribution in [-0.2, 0) is 13.0 Å². The van der Waals surface area contributed by atoms with Gasteiger partial charge >= 0.3 is 0 Å². The van der Waals surface area contributed by atoms with Crippen LogP contribution < -0.4 is 5.73 Å². The van der Waals surface area contributed by atoms with Crippen LogP contribution in [0.1, 0.15) is 31.2 Å². The summed E-state index contributed by atoms with van der Waals surface area (Å²) in [6.45, 7) is 11.3. The van der Waals surface area contributed by atoms with Crippen LogP contribution in [0.15, 0.2) is 16.4 Å². The fraction of sp³-hybridized carbons (Fsp3) is 0.667. The van der Waals surface area contributed by atoms with Crippen molar-refractivity contribution in [2.75, 3.05) is 26.2 Å². The Labute approximate surface area is 149 Å². The number of nitrogens with two attached hydrogens (primary N) is 1. The fourth-order valence-electron chi connectivity index (χ4n) is 2.64. The maximum Gasteiger partial charge on any atom is 0.191 e. The minimum Gasteiger partial charge on any atom is -0.370 e. The fourth-order valence-corrected chi connectivity index (χ4v) is 3.52. The predicted molar refractivity (Wildman–Crippen MR) is 103 cm³/mol. The van der Waals surface area contributed by atoms with Crippen LogP contribution in [0.2, 0.25) is 0 Å². The number of rotatable bonds is 5. The van der Waals surface area contributed by atoms with E-state index in [1.807, 2.05) is 11.3 Å². The summed E-state index contributed by atoms with van der Waals surface area (Å²) < 4.78 is 0. The highest BCUT2D eigenvalue weighted by molar-refractivity contribution is 14.0. The van der Waals surface area contributed by atoms with Crippen LogP contribution in [0.3, 0.4) is 0 Å². The molecule has 0 saturated carbocycles. The first-order chi connectivity index (χ1) is 9.65. The van der Waals surface area contributed by atoms with Gasteiger partial charge in [-0.3, -0.25) is 9.89 Å². The maximum absolute atomic E-state index is 6.04. The lowest BCUT2D eigenvalue weighted by atomic mass is 10.1. The molecule has 0 radical (unpaired) electrons. The quantitative estimate of drug-likeness (QED) is 0.451. The van der Waals surface area contributed by atoms with E-state index in [1.54, 1.807) is 4.88 Å². The Bertz CT molecular complexity index is 456. The molecular formula is C15H27IN4S. The zero-order valence-electron chi connectivity index (χ0n) is 13.2. The zero-order valence-corrected chi connectivity index (χ0v) is 16.4. The molecule has 1 unspecified atom stereocenters. The standard InChI is InChI=1S/C15H26N4S.HI/c1-4-18(5-2)15(16)17-10-12(3)19-8-6-14-13(11-19)7-9-20-14;/h7,9,12H,4-6,8,10-11H2,1-3H3,(H2,16,17);1H. The first-order valence-electron chi connectivity index (χ1n) is 7.49. The highest BCUT2D eigenvalue weighted by Gasteiger charge is 2.21. The maximum atomic E-state index is 6.04. The summed E-state index contributed by atoms with van der Waals surface area (Å²) >= 11 is 1.89. The summed E-state index contributed by atoms with van der Waals surface area (Å²) in [5.41, 5.74) is 7.53. The summed E-state index contributed by atoms with van der Waals surface area (Å²) in [6, 6.07) is 2.70. The van der Waals surface area contributed by atoms with Gasteiger partial charge in [-0.05, 0) is 44.2 Å². The number of guanidine groups is 1. The Kier molecular flexibility index (Phi) is 7.97. The molecule has 0 bridgehead atoms. The normalized spacial score (nSPS) is 17.0. The number of aliphatic imine (C=N–C) groups is 1. The van der Waals surface area contributed by atoms with E-state index < -0.39 is 0 Å². The van der Waals surface area contributed by atoms with Gasteiger partial charge in [-0.2, -0.15) is 0 Å². The minimum absolute atomic E-state index is 0.